The molecule has 0 aliphatic heterocycles. The van der Waals surface area contributed by atoms with Crippen LogP contribution in [0.3, 0.4) is 0 Å². The molecule has 2 aromatic rings. The van der Waals surface area contributed by atoms with Gasteiger partial charge in [0.05, 0.1) is 0 Å². The first kappa shape index (κ1) is 14.8. The summed E-state index contributed by atoms with van der Waals surface area (Å²) in [6, 6.07) is 18.0. The summed E-state index contributed by atoms with van der Waals surface area (Å²) < 4.78 is 0. The van der Waals surface area contributed by atoms with Crippen molar-refractivity contribution in [3.8, 4) is 0 Å². The number of nitrogens with one attached hydrogen (secondary N) is 1. The van der Waals surface area contributed by atoms with Crippen molar-refractivity contribution in [2.24, 2.45) is 0 Å². The van der Waals surface area contributed by atoms with Crippen LogP contribution >= 0.6 is 0 Å². The van der Waals surface area contributed by atoms with E-state index in [2.05, 4.69) is 67.7 Å². The van der Waals surface area contributed by atoms with Gasteiger partial charge in [-0.05, 0) is 50.0 Å². The Morgan fingerprint density at radius 3 is 2.35 bits per heavy atom. The molecule has 2 rings (SSSR count). The van der Waals surface area contributed by atoms with Crippen LogP contribution in [0.15, 0.2) is 48.5 Å². The molecule has 0 saturated carbocycles. The van der Waals surface area contributed by atoms with Crippen LogP contribution in [0.25, 0.3) is 0 Å². The van der Waals surface area contributed by atoms with E-state index in [0.29, 0.717) is 5.92 Å². The molecule has 0 heterocycles. The average molecular weight is 267 g/mol. The molecule has 1 nitrogen and oxygen atoms in total. The van der Waals surface area contributed by atoms with Crippen LogP contribution in [-0.4, -0.2) is 13.6 Å². The van der Waals surface area contributed by atoms with Gasteiger partial charge in [0.1, 0.15) is 0 Å². The van der Waals surface area contributed by atoms with Crippen LogP contribution in [-0.2, 0) is 6.42 Å². The molecule has 0 fully saturated rings. The second-order valence-corrected chi connectivity index (χ2v) is 5.45. The fraction of sp³-hybridized carbons (Fsp3) is 0.368. The first-order valence-corrected chi connectivity index (χ1v) is 7.54. The van der Waals surface area contributed by atoms with Gasteiger partial charge in [-0.2, -0.15) is 0 Å². The summed E-state index contributed by atoms with van der Waals surface area (Å²) in [6.45, 7) is 5.40. The maximum absolute atomic E-state index is 3.27. The zero-order valence-electron chi connectivity index (χ0n) is 12.8. The van der Waals surface area contributed by atoms with Gasteiger partial charge in [0.25, 0.3) is 0 Å². The van der Waals surface area contributed by atoms with Crippen LogP contribution in [0, 0.1) is 6.92 Å². The van der Waals surface area contributed by atoms with E-state index < -0.39 is 0 Å². The second kappa shape index (κ2) is 7.25. The highest BCUT2D eigenvalue weighted by Crippen LogP contribution is 2.28. The summed E-state index contributed by atoms with van der Waals surface area (Å²) in [6.07, 6.45) is 2.23. The molecule has 0 aromatic heterocycles. The zero-order chi connectivity index (χ0) is 14.4. The third-order valence-corrected chi connectivity index (χ3v) is 3.92. The molecule has 0 spiro atoms. The van der Waals surface area contributed by atoms with Crippen LogP contribution in [0.5, 0.6) is 0 Å². The Hall–Kier alpha value is -1.60. The minimum absolute atomic E-state index is 0.480. The van der Waals surface area contributed by atoms with Gasteiger partial charge in [0, 0.05) is 5.92 Å². The Bertz CT molecular complexity index is 528. The van der Waals surface area contributed by atoms with E-state index in [1.165, 1.54) is 22.3 Å². The largest absolute Gasteiger partial charge is 0.320 e. The average Bonchev–Trinajstić information content (AvgIpc) is 2.48. The predicted molar refractivity (Wildman–Crippen MR) is 87.4 cm³/mol. The summed E-state index contributed by atoms with van der Waals surface area (Å²) in [7, 11) is 2.02. The Morgan fingerprint density at radius 2 is 1.75 bits per heavy atom. The standard InChI is InChI=1S/C19H25N/c1-4-16-8-10-17(11-9-16)19(12-13-20-3)18-7-5-6-15(2)14-18/h5-11,14,19-20H,4,12-13H2,1-3H3. The molecule has 1 N–H and O–H groups in total. The summed E-state index contributed by atoms with van der Waals surface area (Å²) in [5.74, 6) is 0.480. The molecule has 2 aromatic carbocycles. The lowest BCUT2D eigenvalue weighted by molar-refractivity contribution is 0.661. The molecule has 0 amide bonds. The zero-order valence-corrected chi connectivity index (χ0v) is 12.8. The highest BCUT2D eigenvalue weighted by atomic mass is 14.8. The topological polar surface area (TPSA) is 12.0 Å². The Morgan fingerprint density at radius 1 is 1.00 bits per heavy atom. The Balaban J connectivity index is 2.30. The summed E-state index contributed by atoms with van der Waals surface area (Å²) >= 11 is 0. The van der Waals surface area contributed by atoms with Gasteiger partial charge < -0.3 is 5.32 Å². The quantitative estimate of drug-likeness (QED) is 0.823. The summed E-state index contributed by atoms with van der Waals surface area (Å²) in [5, 5.41) is 3.27. The second-order valence-electron chi connectivity index (χ2n) is 5.45. The molecule has 106 valence electrons. The van der Waals surface area contributed by atoms with E-state index in [1.54, 1.807) is 0 Å². The van der Waals surface area contributed by atoms with Crippen LogP contribution < -0.4 is 5.32 Å². The third kappa shape index (κ3) is 3.71. The number of aryl methyl sites for hydroxylation is 2. The Kier molecular flexibility index (Phi) is 5.37. The molecule has 1 unspecified atom stereocenters. The molecule has 1 atom stereocenters. The molecule has 0 aliphatic rings. The molecule has 0 bridgehead atoms. The molecule has 20 heavy (non-hydrogen) atoms. The third-order valence-electron chi connectivity index (χ3n) is 3.92. The highest BCUT2D eigenvalue weighted by Gasteiger charge is 2.13. The van der Waals surface area contributed by atoms with Gasteiger partial charge in [-0.25, -0.2) is 0 Å². The van der Waals surface area contributed by atoms with E-state index in [0.717, 1.165) is 19.4 Å². The van der Waals surface area contributed by atoms with Crippen molar-refractivity contribution in [3.63, 3.8) is 0 Å². The van der Waals surface area contributed by atoms with Crippen molar-refractivity contribution in [1.82, 2.24) is 5.32 Å². The lowest BCUT2D eigenvalue weighted by Gasteiger charge is -2.19. The van der Waals surface area contributed by atoms with Crippen molar-refractivity contribution >= 4 is 0 Å². The number of hydrogen-bond acceptors (Lipinski definition) is 1. The molecule has 0 aliphatic carbocycles. The van der Waals surface area contributed by atoms with Crippen molar-refractivity contribution in [3.05, 3.63) is 70.8 Å². The van der Waals surface area contributed by atoms with Crippen molar-refractivity contribution < 1.29 is 0 Å². The number of hydrogen-bond donors (Lipinski definition) is 1. The Labute approximate surface area is 123 Å². The van der Waals surface area contributed by atoms with Gasteiger partial charge in [-0.15, -0.1) is 0 Å². The number of rotatable bonds is 6. The van der Waals surface area contributed by atoms with Crippen molar-refractivity contribution in [1.29, 1.82) is 0 Å². The lowest BCUT2D eigenvalue weighted by Crippen LogP contribution is -2.13. The van der Waals surface area contributed by atoms with E-state index in [-0.39, 0.29) is 0 Å². The SMILES string of the molecule is CCc1ccc(C(CCNC)c2cccc(C)c2)cc1. The monoisotopic (exact) mass is 267 g/mol. The minimum Gasteiger partial charge on any atom is -0.320 e. The molecule has 0 radical (unpaired) electrons. The summed E-state index contributed by atoms with van der Waals surface area (Å²) in [4.78, 5) is 0. The highest BCUT2D eigenvalue weighted by molar-refractivity contribution is 5.36. The predicted octanol–water partition coefficient (Wildman–Crippen LogP) is 4.30. The molecular formula is C19H25N. The van der Waals surface area contributed by atoms with Crippen molar-refractivity contribution in [2.45, 2.75) is 32.6 Å². The van der Waals surface area contributed by atoms with Gasteiger partial charge >= 0.3 is 0 Å². The van der Waals surface area contributed by atoms with E-state index >= 15 is 0 Å². The van der Waals surface area contributed by atoms with Crippen LogP contribution in [0.2, 0.25) is 0 Å². The van der Waals surface area contributed by atoms with Gasteiger partial charge in [0.15, 0.2) is 0 Å². The molecular weight excluding hydrogens is 242 g/mol. The van der Waals surface area contributed by atoms with Gasteiger partial charge in [0.2, 0.25) is 0 Å². The van der Waals surface area contributed by atoms with E-state index in [9.17, 15) is 0 Å². The fourth-order valence-electron chi connectivity index (χ4n) is 2.69. The van der Waals surface area contributed by atoms with Gasteiger partial charge in [-0.3, -0.25) is 0 Å². The molecule has 0 saturated heterocycles. The first-order chi connectivity index (χ1) is 9.74. The van der Waals surface area contributed by atoms with Crippen molar-refractivity contribution in [2.75, 3.05) is 13.6 Å². The maximum Gasteiger partial charge on any atom is 0.0101 e. The number of benzene rings is 2. The van der Waals surface area contributed by atoms with Gasteiger partial charge in [-0.1, -0.05) is 61.0 Å². The van der Waals surface area contributed by atoms with Crippen LogP contribution in [0.4, 0.5) is 0 Å². The fourth-order valence-corrected chi connectivity index (χ4v) is 2.69. The lowest BCUT2D eigenvalue weighted by atomic mass is 9.87. The van der Waals surface area contributed by atoms with E-state index in [4.69, 9.17) is 0 Å². The molecule has 1 heteroatoms. The van der Waals surface area contributed by atoms with E-state index in [1.807, 2.05) is 7.05 Å². The summed E-state index contributed by atoms with van der Waals surface area (Å²) in [5.41, 5.74) is 5.58. The maximum atomic E-state index is 3.27. The normalized spacial score (nSPS) is 12.3. The first-order valence-electron chi connectivity index (χ1n) is 7.54. The van der Waals surface area contributed by atoms with Crippen LogP contribution in [0.1, 0.15) is 41.5 Å². The smallest absolute Gasteiger partial charge is 0.0101 e. The minimum atomic E-state index is 0.480.